The molecule has 0 aliphatic carbocycles. The van der Waals surface area contributed by atoms with Crippen LogP contribution >= 0.6 is 11.8 Å². The number of carbonyl (C=O) groups excluding carboxylic acids is 1. The number of hydrogen-bond donors (Lipinski definition) is 2. The van der Waals surface area contributed by atoms with E-state index in [0.717, 1.165) is 5.75 Å². The van der Waals surface area contributed by atoms with Gasteiger partial charge in [-0.25, -0.2) is 4.68 Å². The van der Waals surface area contributed by atoms with Gasteiger partial charge in [-0.3, -0.25) is 4.79 Å². The molecule has 0 aliphatic heterocycles. The number of aromatic nitrogens is 4. The van der Waals surface area contributed by atoms with Crippen molar-refractivity contribution in [2.45, 2.75) is 63.5 Å². The number of rotatable bonds is 8. The zero-order valence-corrected chi connectivity index (χ0v) is 19.2. The Kier molecular flexibility index (Phi) is 6.89. The second-order valence-corrected chi connectivity index (χ2v) is 9.33. The number of anilines is 1. The first kappa shape index (κ1) is 22.7. The number of carbonyl (C=O) groups is 1. The SMILES string of the molecule is CCC(Sc1nnc(COc2ccc(C(C)(C)C)cc2)n1N)C(=O)Nc1cc(C)on1. The van der Waals surface area contributed by atoms with E-state index in [0.29, 0.717) is 29.0 Å². The number of amides is 1. The largest absolute Gasteiger partial charge is 0.486 e. The summed E-state index contributed by atoms with van der Waals surface area (Å²) in [5, 5.41) is 14.7. The van der Waals surface area contributed by atoms with Crippen molar-refractivity contribution >= 4 is 23.5 Å². The summed E-state index contributed by atoms with van der Waals surface area (Å²) in [6.07, 6.45) is 0.576. The van der Waals surface area contributed by atoms with Gasteiger partial charge in [0.1, 0.15) is 18.1 Å². The fourth-order valence-electron chi connectivity index (χ4n) is 2.77. The fraction of sp³-hybridized carbons (Fsp3) is 0.429. The Morgan fingerprint density at radius 3 is 2.58 bits per heavy atom. The molecule has 2 aromatic heterocycles. The predicted molar refractivity (Wildman–Crippen MR) is 119 cm³/mol. The number of aryl methyl sites for hydroxylation is 1. The summed E-state index contributed by atoms with van der Waals surface area (Å²) in [4.78, 5) is 12.5. The maximum Gasteiger partial charge on any atom is 0.239 e. The molecule has 0 aliphatic rings. The smallest absolute Gasteiger partial charge is 0.239 e. The monoisotopic (exact) mass is 444 g/mol. The number of nitrogens with one attached hydrogen (secondary N) is 1. The summed E-state index contributed by atoms with van der Waals surface area (Å²) in [7, 11) is 0. The van der Waals surface area contributed by atoms with Crippen LogP contribution < -0.4 is 15.9 Å². The van der Waals surface area contributed by atoms with Gasteiger partial charge in [0.05, 0.1) is 5.25 Å². The zero-order valence-electron chi connectivity index (χ0n) is 18.4. The van der Waals surface area contributed by atoms with Crippen LogP contribution in [0.15, 0.2) is 40.0 Å². The van der Waals surface area contributed by atoms with Crippen LogP contribution in [0.1, 0.15) is 51.3 Å². The molecule has 166 valence electrons. The van der Waals surface area contributed by atoms with E-state index >= 15 is 0 Å². The summed E-state index contributed by atoms with van der Waals surface area (Å²) >= 11 is 1.24. The van der Waals surface area contributed by atoms with Gasteiger partial charge in [-0.05, 0) is 36.5 Å². The number of ether oxygens (including phenoxy) is 1. The summed E-state index contributed by atoms with van der Waals surface area (Å²) in [6.45, 7) is 10.3. The van der Waals surface area contributed by atoms with Crippen molar-refractivity contribution in [2.24, 2.45) is 0 Å². The lowest BCUT2D eigenvalue weighted by Crippen LogP contribution is -2.26. The summed E-state index contributed by atoms with van der Waals surface area (Å²) in [5.74, 6) is 8.11. The van der Waals surface area contributed by atoms with Gasteiger partial charge in [-0.2, -0.15) is 0 Å². The maximum atomic E-state index is 12.5. The van der Waals surface area contributed by atoms with Crippen LogP contribution in [-0.4, -0.2) is 31.2 Å². The van der Waals surface area contributed by atoms with E-state index in [4.69, 9.17) is 15.1 Å². The molecule has 1 unspecified atom stereocenters. The van der Waals surface area contributed by atoms with Gasteiger partial charge in [0, 0.05) is 6.07 Å². The first-order chi connectivity index (χ1) is 14.7. The molecule has 0 bridgehead atoms. The fourth-order valence-corrected chi connectivity index (χ4v) is 3.66. The number of nitrogen functional groups attached to an aromatic ring is 1. The normalized spacial score (nSPS) is 12.5. The molecular formula is C21H28N6O3S. The van der Waals surface area contributed by atoms with Crippen LogP contribution in [0.2, 0.25) is 0 Å². The van der Waals surface area contributed by atoms with Crippen molar-refractivity contribution in [1.82, 2.24) is 20.0 Å². The lowest BCUT2D eigenvalue weighted by Gasteiger charge is -2.19. The Bertz CT molecular complexity index is 1020. The molecule has 3 N–H and O–H groups in total. The second kappa shape index (κ2) is 9.42. The van der Waals surface area contributed by atoms with Gasteiger partial charge in [-0.1, -0.05) is 56.7 Å². The van der Waals surface area contributed by atoms with Crippen LogP contribution in [0.25, 0.3) is 0 Å². The van der Waals surface area contributed by atoms with E-state index in [9.17, 15) is 4.79 Å². The highest BCUT2D eigenvalue weighted by Gasteiger charge is 2.23. The van der Waals surface area contributed by atoms with Gasteiger partial charge >= 0.3 is 0 Å². The first-order valence-electron chi connectivity index (χ1n) is 10.0. The molecular weight excluding hydrogens is 416 g/mol. The summed E-state index contributed by atoms with van der Waals surface area (Å²) in [6, 6.07) is 9.60. The van der Waals surface area contributed by atoms with Crippen molar-refractivity contribution in [3.8, 4) is 5.75 Å². The van der Waals surface area contributed by atoms with Crippen LogP contribution in [0.4, 0.5) is 5.82 Å². The highest BCUT2D eigenvalue weighted by atomic mass is 32.2. The molecule has 0 fully saturated rings. The Morgan fingerprint density at radius 1 is 1.29 bits per heavy atom. The molecule has 0 radical (unpaired) electrons. The molecule has 3 aromatic rings. The van der Waals surface area contributed by atoms with E-state index in [1.54, 1.807) is 13.0 Å². The van der Waals surface area contributed by atoms with E-state index < -0.39 is 5.25 Å². The number of thioether (sulfide) groups is 1. The van der Waals surface area contributed by atoms with Gasteiger partial charge in [-0.15, -0.1) is 10.2 Å². The van der Waals surface area contributed by atoms with Crippen LogP contribution in [0.5, 0.6) is 5.75 Å². The van der Waals surface area contributed by atoms with E-state index in [1.165, 1.54) is 22.0 Å². The third-order valence-corrected chi connectivity index (χ3v) is 5.93. The third-order valence-electron chi connectivity index (χ3n) is 4.61. The highest BCUT2D eigenvalue weighted by Crippen LogP contribution is 2.26. The Hall–Kier alpha value is -3.01. The van der Waals surface area contributed by atoms with Crippen molar-refractivity contribution in [3.05, 3.63) is 47.5 Å². The summed E-state index contributed by atoms with van der Waals surface area (Å²) < 4.78 is 12.1. The van der Waals surface area contributed by atoms with Gasteiger partial charge < -0.3 is 20.4 Å². The quantitative estimate of drug-likeness (QED) is 0.399. The molecule has 10 heteroatoms. The van der Waals surface area contributed by atoms with Crippen LogP contribution in [0, 0.1) is 6.92 Å². The van der Waals surface area contributed by atoms with E-state index in [1.807, 2.05) is 31.2 Å². The molecule has 1 aromatic carbocycles. The lowest BCUT2D eigenvalue weighted by molar-refractivity contribution is -0.115. The second-order valence-electron chi connectivity index (χ2n) is 8.16. The van der Waals surface area contributed by atoms with Crippen molar-refractivity contribution in [2.75, 3.05) is 11.2 Å². The predicted octanol–water partition coefficient (Wildman–Crippen LogP) is 3.67. The number of benzene rings is 1. The molecule has 0 saturated heterocycles. The third kappa shape index (κ3) is 5.78. The average molecular weight is 445 g/mol. The minimum Gasteiger partial charge on any atom is -0.486 e. The molecule has 3 rings (SSSR count). The topological polar surface area (TPSA) is 121 Å². The van der Waals surface area contributed by atoms with Crippen molar-refractivity contribution in [1.29, 1.82) is 0 Å². The highest BCUT2D eigenvalue weighted by molar-refractivity contribution is 8.00. The molecule has 1 amide bonds. The minimum atomic E-state index is -0.415. The minimum absolute atomic E-state index is 0.0801. The Morgan fingerprint density at radius 2 is 2.00 bits per heavy atom. The van der Waals surface area contributed by atoms with Crippen LogP contribution in [0.3, 0.4) is 0 Å². The molecule has 2 heterocycles. The first-order valence-corrected chi connectivity index (χ1v) is 10.9. The van der Waals surface area contributed by atoms with E-state index in [-0.39, 0.29) is 17.9 Å². The molecule has 9 nitrogen and oxygen atoms in total. The number of nitrogens with zero attached hydrogens (tertiary/aromatic N) is 4. The Balaban J connectivity index is 1.60. The molecule has 31 heavy (non-hydrogen) atoms. The Labute approximate surface area is 185 Å². The molecule has 0 spiro atoms. The summed E-state index contributed by atoms with van der Waals surface area (Å²) in [5.41, 5.74) is 1.31. The van der Waals surface area contributed by atoms with Gasteiger partial charge in [0.25, 0.3) is 0 Å². The molecule has 1 atom stereocenters. The van der Waals surface area contributed by atoms with Crippen LogP contribution in [-0.2, 0) is 16.8 Å². The number of nitrogens with two attached hydrogens (primary N) is 1. The van der Waals surface area contributed by atoms with Gasteiger partial charge in [0.15, 0.2) is 11.6 Å². The number of hydrogen-bond acceptors (Lipinski definition) is 8. The van der Waals surface area contributed by atoms with Crippen molar-refractivity contribution in [3.63, 3.8) is 0 Å². The molecule has 0 saturated carbocycles. The van der Waals surface area contributed by atoms with E-state index in [2.05, 4.69) is 41.4 Å². The maximum absolute atomic E-state index is 12.5. The lowest BCUT2D eigenvalue weighted by atomic mass is 9.87. The average Bonchev–Trinajstić information content (AvgIpc) is 3.29. The van der Waals surface area contributed by atoms with Crippen molar-refractivity contribution < 1.29 is 14.1 Å². The van der Waals surface area contributed by atoms with Gasteiger partial charge in [0.2, 0.25) is 11.1 Å². The zero-order chi connectivity index (χ0) is 22.6. The standard InChI is InChI=1S/C21H28N6O3S/c1-6-16(19(28)23-17-11-13(2)30-26-17)31-20-25-24-18(27(20)22)12-29-15-9-7-14(8-10-15)21(3,4)5/h7-11,16H,6,12,22H2,1-5H3,(H,23,26,28).